The van der Waals surface area contributed by atoms with Crippen LogP contribution in [-0.4, -0.2) is 47.8 Å². The number of hydrogen-bond acceptors (Lipinski definition) is 1. The van der Waals surface area contributed by atoms with Crippen molar-refractivity contribution in [3.05, 3.63) is 24.8 Å². The summed E-state index contributed by atoms with van der Waals surface area (Å²) in [4.78, 5) is 0. The molecule has 0 aromatic heterocycles. The molecule has 98 valence electrons. The van der Waals surface area contributed by atoms with Gasteiger partial charge in [0.15, 0.2) is 0 Å². The topological polar surface area (TPSA) is 3.24 Å². The molecule has 1 nitrogen and oxygen atoms in total. The van der Waals surface area contributed by atoms with Crippen LogP contribution in [0.4, 0.5) is 0 Å². The van der Waals surface area contributed by atoms with Crippen LogP contribution in [0.3, 0.4) is 0 Å². The molecule has 0 saturated heterocycles. The molecule has 3 heteroatoms. The van der Waals surface area contributed by atoms with Crippen LogP contribution in [0.1, 0.15) is 12.8 Å². The van der Waals surface area contributed by atoms with E-state index in [-0.39, 0.29) is 0 Å². The maximum atomic E-state index is 3.97. The highest BCUT2D eigenvalue weighted by Gasteiger charge is 2.24. The lowest BCUT2D eigenvalue weighted by Gasteiger charge is -2.51. The molecule has 0 amide bonds. The second-order valence-corrected chi connectivity index (χ2v) is 13.8. The fourth-order valence-corrected chi connectivity index (χ4v) is 8.48. The van der Waals surface area contributed by atoms with E-state index >= 15 is 0 Å². The molecular formula is C13H29NS2. The van der Waals surface area contributed by atoms with Crippen LogP contribution in [0.5, 0.6) is 0 Å². The summed E-state index contributed by atoms with van der Waals surface area (Å²) in [5, 5.41) is 0. The average molecular weight is 264 g/mol. The van der Waals surface area contributed by atoms with E-state index in [0.717, 1.165) is 12.0 Å². The Labute approximate surface area is 106 Å². The maximum Gasteiger partial charge on any atom is 0.0172 e. The van der Waals surface area contributed by atoms with E-state index in [4.69, 9.17) is 0 Å². The van der Waals surface area contributed by atoms with Crippen LogP contribution in [0, 0.1) is 0 Å². The number of nitrogens with zero attached hydrogens (tertiary/aromatic N) is 1. The fourth-order valence-electron chi connectivity index (χ4n) is 1.76. The van der Waals surface area contributed by atoms with Crippen molar-refractivity contribution >= 4 is 20.4 Å². The molecule has 0 spiro atoms. The summed E-state index contributed by atoms with van der Waals surface area (Å²) >= 11 is 0. The molecule has 0 fully saturated rings. The van der Waals surface area contributed by atoms with Gasteiger partial charge in [-0.3, -0.25) is 0 Å². The van der Waals surface area contributed by atoms with E-state index in [0.29, 0.717) is 0 Å². The highest BCUT2D eigenvalue weighted by molar-refractivity contribution is 8.43. The van der Waals surface area contributed by atoms with E-state index in [1.807, 2.05) is 6.08 Å². The normalized spacial score (nSPS) is 14.9. The predicted molar refractivity (Wildman–Crippen MR) is 86.0 cm³/mol. The van der Waals surface area contributed by atoms with Gasteiger partial charge in [-0.1, -0.05) is 24.8 Å². The lowest BCUT2D eigenvalue weighted by Crippen LogP contribution is -2.29. The Morgan fingerprint density at radius 2 is 1.50 bits per heavy atom. The molecular weight excluding hydrogens is 234 g/mol. The summed E-state index contributed by atoms with van der Waals surface area (Å²) in [6.07, 6.45) is 18.4. The number of hydrogen-bond donors (Lipinski definition) is 0. The van der Waals surface area contributed by atoms with Crippen molar-refractivity contribution in [1.29, 1.82) is 0 Å². The van der Waals surface area contributed by atoms with E-state index in [2.05, 4.69) is 54.4 Å². The molecule has 0 radical (unpaired) electrons. The Balaban J connectivity index is 4.37. The predicted octanol–water partition coefficient (Wildman–Crippen LogP) is 4.03. The minimum absolute atomic E-state index is 0.612. The Morgan fingerprint density at radius 3 is 1.81 bits per heavy atom. The SMILES string of the molecule is C=CC(=C)CCCN(S(C)(C)C)S(C)(C)C. The smallest absolute Gasteiger partial charge is 0.0172 e. The van der Waals surface area contributed by atoms with E-state index < -0.39 is 20.4 Å². The summed E-state index contributed by atoms with van der Waals surface area (Å²) in [7, 11) is -1.22. The second-order valence-electron chi connectivity index (χ2n) is 5.57. The molecule has 0 aliphatic heterocycles. The minimum atomic E-state index is -0.612. The summed E-state index contributed by atoms with van der Waals surface area (Å²) < 4.78 is 2.72. The van der Waals surface area contributed by atoms with Gasteiger partial charge >= 0.3 is 0 Å². The van der Waals surface area contributed by atoms with Crippen molar-refractivity contribution in [2.24, 2.45) is 0 Å². The Bertz CT molecular complexity index is 232. The largest absolute Gasteiger partial charge is 0.232 e. The van der Waals surface area contributed by atoms with E-state index in [9.17, 15) is 0 Å². The monoisotopic (exact) mass is 263 g/mol. The Kier molecular flexibility index (Phi) is 6.23. The summed E-state index contributed by atoms with van der Waals surface area (Å²) in [5.74, 6) is 0. The van der Waals surface area contributed by atoms with E-state index in [1.54, 1.807) is 0 Å². The van der Waals surface area contributed by atoms with Gasteiger partial charge in [0.25, 0.3) is 0 Å². The first-order valence-corrected chi connectivity index (χ1v) is 11.2. The molecule has 0 saturated carbocycles. The molecule has 0 atom stereocenters. The lowest BCUT2D eigenvalue weighted by molar-refractivity contribution is 0.657. The first kappa shape index (κ1) is 16.1. The fraction of sp³-hybridized carbons (Fsp3) is 0.692. The molecule has 0 aromatic carbocycles. The summed E-state index contributed by atoms with van der Waals surface area (Å²) in [5.41, 5.74) is 1.16. The third-order valence-electron chi connectivity index (χ3n) is 2.35. The van der Waals surface area contributed by atoms with Crippen molar-refractivity contribution in [1.82, 2.24) is 3.71 Å². The van der Waals surface area contributed by atoms with Gasteiger partial charge in [-0.05, 0) is 50.4 Å². The van der Waals surface area contributed by atoms with Crippen molar-refractivity contribution in [3.63, 3.8) is 0 Å². The molecule has 0 unspecified atom stereocenters. The van der Waals surface area contributed by atoms with Crippen LogP contribution < -0.4 is 0 Å². The van der Waals surface area contributed by atoms with Crippen molar-refractivity contribution in [2.75, 3.05) is 44.1 Å². The van der Waals surface area contributed by atoms with Crippen molar-refractivity contribution in [3.8, 4) is 0 Å². The lowest BCUT2D eigenvalue weighted by atomic mass is 10.2. The zero-order chi connectivity index (χ0) is 13.0. The molecule has 0 N–H and O–H groups in total. The first-order chi connectivity index (χ1) is 7.09. The van der Waals surface area contributed by atoms with Gasteiger partial charge in [0.05, 0.1) is 0 Å². The van der Waals surface area contributed by atoms with Gasteiger partial charge < -0.3 is 0 Å². The third kappa shape index (κ3) is 6.02. The number of rotatable bonds is 7. The summed E-state index contributed by atoms with van der Waals surface area (Å²) in [6.45, 7) is 8.91. The molecule has 16 heavy (non-hydrogen) atoms. The van der Waals surface area contributed by atoms with Crippen molar-refractivity contribution in [2.45, 2.75) is 12.8 Å². The maximum absolute atomic E-state index is 3.97. The standard InChI is InChI=1S/C13H29NS2/c1-9-13(2)11-10-12-14(15(3,4)5)16(6,7)8/h9H,1-2,10-12H2,3-8H3. The molecule has 0 aromatic rings. The van der Waals surface area contributed by atoms with Crippen molar-refractivity contribution < 1.29 is 0 Å². The molecule has 0 heterocycles. The van der Waals surface area contributed by atoms with Gasteiger partial charge in [0.2, 0.25) is 0 Å². The highest BCUT2D eigenvalue weighted by Crippen LogP contribution is 2.56. The second kappa shape index (κ2) is 6.18. The van der Waals surface area contributed by atoms with Gasteiger partial charge in [-0.15, -0.1) is 0 Å². The molecule has 0 aliphatic rings. The number of allylic oxidation sites excluding steroid dienone is 2. The van der Waals surface area contributed by atoms with Crippen LogP contribution in [-0.2, 0) is 0 Å². The van der Waals surface area contributed by atoms with Crippen LogP contribution in [0.25, 0.3) is 0 Å². The van der Waals surface area contributed by atoms with Crippen LogP contribution in [0.15, 0.2) is 24.8 Å². The zero-order valence-electron chi connectivity index (χ0n) is 11.9. The molecule has 0 bridgehead atoms. The van der Waals surface area contributed by atoms with Gasteiger partial charge in [-0.25, -0.2) is 3.71 Å². The van der Waals surface area contributed by atoms with Crippen LogP contribution >= 0.6 is 20.4 Å². The van der Waals surface area contributed by atoms with Gasteiger partial charge in [-0.2, -0.15) is 20.4 Å². The summed E-state index contributed by atoms with van der Waals surface area (Å²) in [6, 6.07) is 0. The average Bonchev–Trinajstić information content (AvgIpc) is 2.07. The van der Waals surface area contributed by atoms with Gasteiger partial charge in [0, 0.05) is 6.54 Å². The van der Waals surface area contributed by atoms with E-state index in [1.165, 1.54) is 13.0 Å². The highest BCUT2D eigenvalue weighted by atomic mass is 32.3. The zero-order valence-corrected chi connectivity index (χ0v) is 13.5. The Morgan fingerprint density at radius 1 is 1.06 bits per heavy atom. The molecule has 0 aliphatic carbocycles. The first-order valence-electron chi connectivity index (χ1n) is 5.53. The van der Waals surface area contributed by atoms with Gasteiger partial charge in [0.1, 0.15) is 0 Å². The Hall–Kier alpha value is 0.140. The molecule has 0 rings (SSSR count). The van der Waals surface area contributed by atoms with Crippen LogP contribution in [0.2, 0.25) is 0 Å². The minimum Gasteiger partial charge on any atom is -0.232 e. The third-order valence-corrected chi connectivity index (χ3v) is 7.84. The quantitative estimate of drug-likeness (QED) is 0.627.